The topological polar surface area (TPSA) is 77.8 Å². The number of carboxylic acid groups (broad SMARTS) is 1. The van der Waals surface area contributed by atoms with Gasteiger partial charge in [-0.1, -0.05) is 29.9 Å². The molecule has 0 bridgehead atoms. The molecular weight excluding hydrogens is 316 g/mol. The van der Waals surface area contributed by atoms with E-state index in [1.165, 1.54) is 12.0 Å². The summed E-state index contributed by atoms with van der Waals surface area (Å²) >= 11 is 0. The zero-order chi connectivity index (χ0) is 17.9. The van der Waals surface area contributed by atoms with Crippen molar-refractivity contribution in [3.63, 3.8) is 0 Å². The first-order valence-corrected chi connectivity index (χ1v) is 9.80. The summed E-state index contributed by atoms with van der Waals surface area (Å²) in [5, 5.41) is 29.7. The molecule has 138 valence electrons. The first kappa shape index (κ1) is 18.5. The fourth-order valence-corrected chi connectivity index (χ4v) is 4.87. The molecular formula is C21H30O4. The zero-order valence-corrected chi connectivity index (χ0v) is 14.9. The number of allylic oxidation sites excluding steroid dienone is 2. The number of carboxylic acids is 1. The number of rotatable bonds is 4. The number of aliphatic hydroxyl groups excluding tert-OH is 1. The third-order valence-electron chi connectivity index (χ3n) is 6.23. The number of hydrogen-bond acceptors (Lipinski definition) is 3. The van der Waals surface area contributed by atoms with Gasteiger partial charge < -0.3 is 15.3 Å². The molecule has 0 aliphatic heterocycles. The highest BCUT2D eigenvalue weighted by atomic mass is 16.4. The molecule has 0 unspecified atom stereocenters. The van der Waals surface area contributed by atoms with Crippen molar-refractivity contribution in [2.75, 3.05) is 0 Å². The lowest BCUT2D eigenvalue weighted by Crippen LogP contribution is -2.30. The number of carbonyl (C=O) groups is 1. The monoisotopic (exact) mass is 346 g/mol. The van der Waals surface area contributed by atoms with Crippen LogP contribution in [0.4, 0.5) is 0 Å². The summed E-state index contributed by atoms with van der Waals surface area (Å²) < 4.78 is 0. The van der Waals surface area contributed by atoms with Crippen molar-refractivity contribution in [1.82, 2.24) is 0 Å². The maximum atomic E-state index is 10.6. The molecule has 3 N–H and O–H groups in total. The molecule has 4 atom stereocenters. The van der Waals surface area contributed by atoms with E-state index in [4.69, 9.17) is 5.11 Å². The van der Waals surface area contributed by atoms with Gasteiger partial charge in [-0.25, -0.2) is 0 Å². The molecule has 3 rings (SSSR count). The van der Waals surface area contributed by atoms with E-state index >= 15 is 0 Å². The summed E-state index contributed by atoms with van der Waals surface area (Å²) in [7, 11) is 0. The van der Waals surface area contributed by atoms with E-state index in [0.29, 0.717) is 18.3 Å². The maximum absolute atomic E-state index is 10.6. The van der Waals surface area contributed by atoms with Crippen molar-refractivity contribution in [2.24, 2.45) is 17.8 Å². The molecule has 0 spiro atoms. The van der Waals surface area contributed by atoms with Crippen LogP contribution in [0.1, 0.15) is 70.6 Å². The van der Waals surface area contributed by atoms with E-state index in [2.05, 4.69) is 17.9 Å². The fraction of sp³-hybridized carbons (Fsp3) is 0.762. The molecule has 0 aromatic rings. The molecule has 0 aromatic heterocycles. The summed E-state index contributed by atoms with van der Waals surface area (Å²) in [6.45, 7) is 0. The summed E-state index contributed by atoms with van der Waals surface area (Å²) in [6.07, 6.45) is 11.1. The molecule has 0 amide bonds. The minimum Gasteiger partial charge on any atom is -0.481 e. The molecule has 3 aliphatic rings. The van der Waals surface area contributed by atoms with Crippen LogP contribution in [-0.2, 0) is 4.79 Å². The van der Waals surface area contributed by atoms with Crippen LogP contribution >= 0.6 is 0 Å². The van der Waals surface area contributed by atoms with Gasteiger partial charge >= 0.3 is 5.97 Å². The van der Waals surface area contributed by atoms with Gasteiger partial charge in [-0.3, -0.25) is 4.79 Å². The van der Waals surface area contributed by atoms with Crippen molar-refractivity contribution < 1.29 is 20.1 Å². The van der Waals surface area contributed by atoms with Crippen molar-refractivity contribution in [1.29, 1.82) is 0 Å². The highest BCUT2D eigenvalue weighted by Gasteiger charge is 2.45. The highest BCUT2D eigenvalue weighted by Crippen LogP contribution is 2.50. The Bertz CT molecular complexity index is 576. The third kappa shape index (κ3) is 4.65. The van der Waals surface area contributed by atoms with E-state index in [9.17, 15) is 15.0 Å². The lowest BCUT2D eigenvalue weighted by molar-refractivity contribution is -0.137. The average molecular weight is 346 g/mol. The number of fused-ring (bicyclic) bond motifs is 1. The molecule has 0 saturated heterocycles. The maximum Gasteiger partial charge on any atom is 0.303 e. The van der Waals surface area contributed by atoms with Gasteiger partial charge in [0.05, 0.1) is 6.10 Å². The van der Waals surface area contributed by atoms with E-state index in [1.54, 1.807) is 0 Å². The minimum absolute atomic E-state index is 0.0270. The molecule has 0 aromatic carbocycles. The Kier molecular flexibility index (Phi) is 5.86. The van der Waals surface area contributed by atoms with Crippen LogP contribution in [0, 0.1) is 29.6 Å². The number of unbranched alkanes of at least 4 members (excludes halogenated alkanes) is 1. The van der Waals surface area contributed by atoms with Gasteiger partial charge in [-0.2, -0.15) is 0 Å². The van der Waals surface area contributed by atoms with Gasteiger partial charge in [0.15, 0.2) is 0 Å². The predicted octanol–water partition coefficient (Wildman–Crippen LogP) is 3.27. The van der Waals surface area contributed by atoms with Crippen LogP contribution in [0.2, 0.25) is 0 Å². The molecule has 4 nitrogen and oxygen atoms in total. The zero-order valence-electron chi connectivity index (χ0n) is 14.9. The number of aliphatic hydroxyl groups is 2. The molecule has 4 heteroatoms. The fourth-order valence-electron chi connectivity index (χ4n) is 4.87. The quantitative estimate of drug-likeness (QED) is 0.415. The smallest absolute Gasteiger partial charge is 0.303 e. The molecule has 0 radical (unpaired) electrons. The minimum atomic E-state index is -0.843. The van der Waals surface area contributed by atoms with E-state index in [1.807, 2.05) is 0 Å². The Morgan fingerprint density at radius 3 is 2.72 bits per heavy atom. The van der Waals surface area contributed by atoms with Crippen LogP contribution in [0.3, 0.4) is 0 Å². The molecule has 3 fully saturated rings. The van der Waals surface area contributed by atoms with Crippen molar-refractivity contribution in [2.45, 2.75) is 82.3 Å². The van der Waals surface area contributed by atoms with Gasteiger partial charge in [-0.05, 0) is 69.6 Å². The average Bonchev–Trinajstić information content (AvgIpc) is 3.07. The number of hydrogen-bond donors (Lipinski definition) is 3. The van der Waals surface area contributed by atoms with Gasteiger partial charge in [-0.15, -0.1) is 0 Å². The first-order valence-electron chi connectivity index (χ1n) is 9.80. The summed E-state index contributed by atoms with van der Waals surface area (Å²) in [4.78, 5) is 10.6. The lowest BCUT2D eigenvalue weighted by Gasteiger charge is -2.27. The lowest BCUT2D eigenvalue weighted by atomic mass is 9.84. The van der Waals surface area contributed by atoms with E-state index < -0.39 is 11.6 Å². The SMILES string of the molecule is O=C(O)CCC/C=C1\C[C@@H]2C[C@@H](O)[C@@H](C#CC3(O)CCCCC3)[C@@H]2C1. The normalized spacial score (nSPS) is 35.2. The second-order valence-electron chi connectivity index (χ2n) is 8.17. The molecule has 0 heterocycles. The summed E-state index contributed by atoms with van der Waals surface area (Å²) in [6, 6.07) is 0. The van der Waals surface area contributed by atoms with Gasteiger partial charge in [0, 0.05) is 12.3 Å². The predicted molar refractivity (Wildman–Crippen MR) is 95.7 cm³/mol. The highest BCUT2D eigenvalue weighted by molar-refractivity contribution is 5.66. The first-order chi connectivity index (χ1) is 12.0. The van der Waals surface area contributed by atoms with Crippen LogP contribution < -0.4 is 0 Å². The van der Waals surface area contributed by atoms with Crippen LogP contribution in [-0.4, -0.2) is 33.0 Å². The van der Waals surface area contributed by atoms with Crippen LogP contribution in [0.15, 0.2) is 11.6 Å². The van der Waals surface area contributed by atoms with Crippen LogP contribution in [0.25, 0.3) is 0 Å². The Labute approximate surface area is 150 Å². The standard InChI is InChI=1S/C21H30O4/c22-19-14-16-12-15(6-2-3-7-20(23)24)13-18(16)17(19)8-11-21(25)9-4-1-5-10-21/h6,16-19,22,25H,1-5,7,9-10,12-14H2,(H,23,24)/b15-6+/t16-,17+,18-,19-/m1/s1. The Morgan fingerprint density at radius 2 is 2.00 bits per heavy atom. The summed E-state index contributed by atoms with van der Waals surface area (Å²) in [5.74, 6) is 6.50. The molecule has 25 heavy (non-hydrogen) atoms. The molecule has 3 saturated carbocycles. The third-order valence-corrected chi connectivity index (χ3v) is 6.23. The van der Waals surface area contributed by atoms with Crippen molar-refractivity contribution >= 4 is 5.97 Å². The van der Waals surface area contributed by atoms with Gasteiger partial charge in [0.25, 0.3) is 0 Å². The second-order valence-corrected chi connectivity index (χ2v) is 8.17. The van der Waals surface area contributed by atoms with E-state index in [-0.39, 0.29) is 18.4 Å². The number of aliphatic carboxylic acids is 1. The van der Waals surface area contributed by atoms with E-state index in [0.717, 1.165) is 51.4 Å². The Hall–Kier alpha value is -1.31. The molecule has 3 aliphatic carbocycles. The second kappa shape index (κ2) is 7.93. The Balaban J connectivity index is 1.59. The van der Waals surface area contributed by atoms with Crippen molar-refractivity contribution in [3.8, 4) is 11.8 Å². The summed E-state index contributed by atoms with van der Waals surface area (Å²) in [5.41, 5.74) is 0.555. The largest absolute Gasteiger partial charge is 0.481 e. The van der Waals surface area contributed by atoms with Crippen LogP contribution in [0.5, 0.6) is 0 Å². The van der Waals surface area contributed by atoms with Gasteiger partial charge in [0.2, 0.25) is 0 Å². The van der Waals surface area contributed by atoms with Gasteiger partial charge in [0.1, 0.15) is 5.60 Å². The van der Waals surface area contributed by atoms with Crippen molar-refractivity contribution in [3.05, 3.63) is 11.6 Å². The Morgan fingerprint density at radius 1 is 1.24 bits per heavy atom.